The predicted octanol–water partition coefficient (Wildman–Crippen LogP) is 15.5. The van der Waals surface area contributed by atoms with Crippen LogP contribution in [0.5, 0.6) is 0 Å². The number of para-hydroxylation sites is 3. The van der Waals surface area contributed by atoms with Crippen molar-refractivity contribution in [1.82, 2.24) is 0 Å². The molecule has 2 nitrogen and oxygen atoms in total. The lowest BCUT2D eigenvalue weighted by molar-refractivity contribution is 0.590. The van der Waals surface area contributed by atoms with Gasteiger partial charge in [0, 0.05) is 34.1 Å². The lowest BCUT2D eigenvalue weighted by atomic mass is 9.33. The molecule has 0 fully saturated rings. The van der Waals surface area contributed by atoms with Crippen LogP contribution < -0.4 is 26.2 Å². The summed E-state index contributed by atoms with van der Waals surface area (Å²) in [4.78, 5) is 5.07. The highest BCUT2D eigenvalue weighted by Gasteiger charge is 2.44. The van der Waals surface area contributed by atoms with E-state index in [0.717, 1.165) is 11.4 Å². The van der Waals surface area contributed by atoms with Crippen molar-refractivity contribution in [3.05, 3.63) is 223 Å². The van der Waals surface area contributed by atoms with Gasteiger partial charge in [0.1, 0.15) is 0 Å². The standard InChI is InChI=1S/C63H51BN2/c1-41(2)43-35-44(37-46(36-43)61-52-29-17-15-27-50(52)60(42-21-9-6-10-22-42)51-28-16-18-30-53(51)61)45-38-58-62-59(39-45)66(49-25-13-8-14-26-49)57-40-47(63(3,4)5)33-34-55(57)64(62)54-31-19-20-32-56(54)65(58)48-23-11-7-12-24-48/h6-41H,1-5H3. The zero-order chi connectivity index (χ0) is 44.7. The average molecular weight is 847 g/mol. The summed E-state index contributed by atoms with van der Waals surface area (Å²) in [6.45, 7) is 11.7. The highest BCUT2D eigenvalue weighted by Crippen LogP contribution is 2.49. The number of hydrogen-bond donors (Lipinski definition) is 0. The summed E-state index contributed by atoms with van der Waals surface area (Å²) in [7, 11) is 0. The van der Waals surface area contributed by atoms with Crippen LogP contribution in [0.25, 0.3) is 54.9 Å². The van der Waals surface area contributed by atoms with Crippen LogP contribution in [0.15, 0.2) is 212 Å². The van der Waals surface area contributed by atoms with E-state index in [4.69, 9.17) is 0 Å². The van der Waals surface area contributed by atoms with Gasteiger partial charge in [-0.2, -0.15) is 0 Å². The molecule has 2 aliphatic rings. The molecule has 0 spiro atoms. The minimum atomic E-state index is -0.0272. The molecule has 0 aromatic heterocycles. The van der Waals surface area contributed by atoms with Gasteiger partial charge in [0.25, 0.3) is 6.71 Å². The molecule has 0 N–H and O–H groups in total. The van der Waals surface area contributed by atoms with E-state index >= 15 is 0 Å². The summed E-state index contributed by atoms with van der Waals surface area (Å²) in [5.41, 5.74) is 21.2. The number of hydrogen-bond acceptors (Lipinski definition) is 2. The fraction of sp³-hybridized carbons (Fsp3) is 0.111. The molecule has 10 aromatic rings. The first-order valence-corrected chi connectivity index (χ1v) is 23.5. The molecule has 0 bridgehead atoms. The van der Waals surface area contributed by atoms with Crippen molar-refractivity contribution in [3.63, 3.8) is 0 Å². The molecule has 2 aliphatic heterocycles. The molecule has 12 rings (SSSR count). The van der Waals surface area contributed by atoms with Gasteiger partial charge in [-0.3, -0.25) is 0 Å². The Morgan fingerprint density at radius 1 is 0.379 bits per heavy atom. The molecule has 10 aromatic carbocycles. The summed E-state index contributed by atoms with van der Waals surface area (Å²) >= 11 is 0. The molecule has 0 unspecified atom stereocenters. The molecule has 0 atom stereocenters. The summed E-state index contributed by atoms with van der Waals surface area (Å²) in [6, 6.07) is 79.6. The monoisotopic (exact) mass is 846 g/mol. The first kappa shape index (κ1) is 39.9. The minimum absolute atomic E-state index is 0.0272. The lowest BCUT2D eigenvalue weighted by Gasteiger charge is -2.44. The zero-order valence-corrected chi connectivity index (χ0v) is 38.3. The Morgan fingerprint density at radius 3 is 1.39 bits per heavy atom. The van der Waals surface area contributed by atoms with Gasteiger partial charge in [-0.25, -0.2) is 0 Å². The quantitative estimate of drug-likeness (QED) is 0.122. The Kier molecular flexibility index (Phi) is 9.40. The van der Waals surface area contributed by atoms with E-state index in [1.54, 1.807) is 0 Å². The minimum Gasteiger partial charge on any atom is -0.311 e. The number of nitrogens with zero attached hydrogens (tertiary/aromatic N) is 2. The van der Waals surface area contributed by atoms with Gasteiger partial charge in [-0.05, 0) is 148 Å². The van der Waals surface area contributed by atoms with Crippen molar-refractivity contribution in [2.45, 2.75) is 46.0 Å². The van der Waals surface area contributed by atoms with Crippen LogP contribution >= 0.6 is 0 Å². The van der Waals surface area contributed by atoms with Crippen molar-refractivity contribution in [2.75, 3.05) is 9.80 Å². The van der Waals surface area contributed by atoms with E-state index in [-0.39, 0.29) is 12.1 Å². The van der Waals surface area contributed by atoms with Crippen LogP contribution in [-0.2, 0) is 5.41 Å². The highest BCUT2D eigenvalue weighted by atomic mass is 15.2. The van der Waals surface area contributed by atoms with E-state index in [2.05, 4.69) is 257 Å². The molecule has 0 amide bonds. The fourth-order valence-corrected chi connectivity index (χ4v) is 10.9. The Balaban J connectivity index is 1.17. The maximum atomic E-state index is 2.55. The van der Waals surface area contributed by atoms with Crippen LogP contribution in [0.1, 0.15) is 51.7 Å². The lowest BCUT2D eigenvalue weighted by Crippen LogP contribution is -2.61. The van der Waals surface area contributed by atoms with Crippen molar-refractivity contribution >= 4 is 78.8 Å². The summed E-state index contributed by atoms with van der Waals surface area (Å²) in [6.07, 6.45) is 0. The Morgan fingerprint density at radius 2 is 0.833 bits per heavy atom. The first-order valence-electron chi connectivity index (χ1n) is 23.5. The van der Waals surface area contributed by atoms with Crippen molar-refractivity contribution in [3.8, 4) is 33.4 Å². The first-order chi connectivity index (χ1) is 32.2. The Hall–Kier alpha value is -7.62. The van der Waals surface area contributed by atoms with Gasteiger partial charge >= 0.3 is 0 Å². The summed E-state index contributed by atoms with van der Waals surface area (Å²) < 4.78 is 0. The molecule has 3 heteroatoms. The molecule has 316 valence electrons. The second-order valence-corrected chi connectivity index (χ2v) is 19.5. The van der Waals surface area contributed by atoms with E-state index in [1.165, 1.54) is 105 Å². The van der Waals surface area contributed by atoms with Crippen LogP contribution in [-0.4, -0.2) is 6.71 Å². The van der Waals surface area contributed by atoms with Crippen molar-refractivity contribution in [1.29, 1.82) is 0 Å². The van der Waals surface area contributed by atoms with Crippen molar-refractivity contribution < 1.29 is 0 Å². The maximum absolute atomic E-state index is 2.55. The van der Waals surface area contributed by atoms with Crippen LogP contribution in [0.4, 0.5) is 34.1 Å². The van der Waals surface area contributed by atoms with Gasteiger partial charge in [0.05, 0.1) is 0 Å². The van der Waals surface area contributed by atoms with Gasteiger partial charge in [0.2, 0.25) is 0 Å². The molecule has 2 heterocycles. The fourth-order valence-electron chi connectivity index (χ4n) is 10.9. The second-order valence-electron chi connectivity index (χ2n) is 19.5. The SMILES string of the molecule is CC(C)c1cc(-c2cc3c4c(c2)N(c2ccccc2)c2cc(C(C)(C)C)ccc2B4c2ccccc2N3c2ccccc2)cc(-c2c3ccccc3c(-c3ccccc3)c3ccccc23)c1. The van der Waals surface area contributed by atoms with Gasteiger partial charge in [-0.1, -0.05) is 192 Å². The second kappa shape index (κ2) is 15.5. The van der Waals surface area contributed by atoms with E-state index in [0.29, 0.717) is 5.92 Å². The van der Waals surface area contributed by atoms with Crippen LogP contribution in [0.2, 0.25) is 0 Å². The van der Waals surface area contributed by atoms with Crippen LogP contribution in [0.3, 0.4) is 0 Å². The third-order valence-corrected chi connectivity index (χ3v) is 14.1. The summed E-state index contributed by atoms with van der Waals surface area (Å²) in [5, 5.41) is 5.06. The highest BCUT2D eigenvalue weighted by molar-refractivity contribution is 7.00. The average Bonchev–Trinajstić information content (AvgIpc) is 3.35. The predicted molar refractivity (Wildman–Crippen MR) is 285 cm³/mol. The Labute approximate surface area is 389 Å². The topological polar surface area (TPSA) is 6.48 Å². The normalized spacial score (nSPS) is 13.0. The van der Waals surface area contributed by atoms with Gasteiger partial charge < -0.3 is 9.80 Å². The number of benzene rings is 10. The molecule has 0 saturated heterocycles. The molecular weight excluding hydrogens is 796 g/mol. The Bertz CT molecular complexity index is 3440. The van der Waals surface area contributed by atoms with E-state index in [9.17, 15) is 0 Å². The number of rotatable bonds is 6. The van der Waals surface area contributed by atoms with Crippen molar-refractivity contribution in [2.24, 2.45) is 0 Å². The van der Waals surface area contributed by atoms with E-state index in [1.807, 2.05) is 0 Å². The maximum Gasteiger partial charge on any atom is 0.252 e. The van der Waals surface area contributed by atoms with E-state index < -0.39 is 0 Å². The third kappa shape index (κ3) is 6.40. The summed E-state index contributed by atoms with van der Waals surface area (Å²) in [5.74, 6) is 0.307. The smallest absolute Gasteiger partial charge is 0.252 e. The molecule has 0 saturated carbocycles. The molecule has 0 aliphatic carbocycles. The number of anilines is 6. The zero-order valence-electron chi connectivity index (χ0n) is 38.3. The number of fused-ring (bicyclic) bond motifs is 6. The largest absolute Gasteiger partial charge is 0.311 e. The molecule has 0 radical (unpaired) electrons. The van der Waals surface area contributed by atoms with Gasteiger partial charge in [0.15, 0.2) is 0 Å². The van der Waals surface area contributed by atoms with Crippen LogP contribution in [0, 0.1) is 0 Å². The van der Waals surface area contributed by atoms with Gasteiger partial charge in [-0.15, -0.1) is 0 Å². The molecular formula is C63H51BN2. The molecule has 66 heavy (non-hydrogen) atoms. The third-order valence-electron chi connectivity index (χ3n) is 14.1.